The Morgan fingerprint density at radius 1 is 1.15 bits per heavy atom. The lowest BCUT2D eigenvalue weighted by atomic mass is 10.1. The maximum Gasteiger partial charge on any atom is 0.337 e. The van der Waals surface area contributed by atoms with Gasteiger partial charge in [-0.1, -0.05) is 24.3 Å². The van der Waals surface area contributed by atoms with Crippen LogP contribution < -0.4 is 0 Å². The molecule has 20 heavy (non-hydrogen) atoms. The van der Waals surface area contributed by atoms with E-state index in [4.69, 9.17) is 9.52 Å². The van der Waals surface area contributed by atoms with Gasteiger partial charge in [-0.25, -0.2) is 9.78 Å². The summed E-state index contributed by atoms with van der Waals surface area (Å²) in [7, 11) is 0. The third-order valence-corrected chi connectivity index (χ3v) is 2.98. The van der Waals surface area contributed by atoms with Gasteiger partial charge in [-0.05, 0) is 29.8 Å². The molecule has 0 aliphatic rings. The van der Waals surface area contributed by atoms with Crippen LogP contribution in [0, 0.1) is 0 Å². The Morgan fingerprint density at radius 2 is 1.90 bits per heavy atom. The first-order chi connectivity index (χ1) is 9.65. The van der Waals surface area contributed by atoms with Crippen molar-refractivity contribution in [3.05, 3.63) is 54.1 Å². The SMILES string of the molecule is O=C(O)C(O)c1ccc2oc(-c3ccccc3)nc2c1. The summed E-state index contributed by atoms with van der Waals surface area (Å²) in [6, 6.07) is 14.0. The van der Waals surface area contributed by atoms with Crippen molar-refractivity contribution >= 4 is 17.1 Å². The lowest BCUT2D eigenvalue weighted by Crippen LogP contribution is -2.10. The van der Waals surface area contributed by atoms with E-state index in [2.05, 4.69) is 4.98 Å². The van der Waals surface area contributed by atoms with E-state index in [1.54, 1.807) is 6.07 Å². The van der Waals surface area contributed by atoms with Gasteiger partial charge in [-0.3, -0.25) is 0 Å². The van der Waals surface area contributed by atoms with Gasteiger partial charge in [0.2, 0.25) is 5.89 Å². The Hall–Kier alpha value is -2.66. The molecule has 0 radical (unpaired) electrons. The number of benzene rings is 2. The molecule has 0 fully saturated rings. The zero-order valence-corrected chi connectivity index (χ0v) is 10.4. The second-order valence-electron chi connectivity index (χ2n) is 4.35. The molecule has 3 rings (SSSR count). The van der Waals surface area contributed by atoms with Crippen molar-refractivity contribution in [3.8, 4) is 11.5 Å². The van der Waals surface area contributed by atoms with Crippen molar-refractivity contribution in [1.29, 1.82) is 0 Å². The number of nitrogens with zero attached hydrogens (tertiary/aromatic N) is 1. The molecule has 1 heterocycles. The topological polar surface area (TPSA) is 83.6 Å². The number of aliphatic hydroxyl groups excluding tert-OH is 1. The molecule has 0 saturated heterocycles. The van der Waals surface area contributed by atoms with Gasteiger partial charge in [0.1, 0.15) is 5.52 Å². The summed E-state index contributed by atoms with van der Waals surface area (Å²) in [5.74, 6) is -0.835. The van der Waals surface area contributed by atoms with Crippen LogP contribution in [0.2, 0.25) is 0 Å². The third-order valence-electron chi connectivity index (χ3n) is 2.98. The molecule has 0 bridgehead atoms. The van der Waals surface area contributed by atoms with E-state index in [9.17, 15) is 9.90 Å². The quantitative estimate of drug-likeness (QED) is 0.763. The summed E-state index contributed by atoms with van der Waals surface area (Å²) in [6.07, 6.45) is -1.56. The lowest BCUT2D eigenvalue weighted by molar-refractivity contribution is -0.146. The maximum absolute atomic E-state index is 10.8. The number of carboxylic acid groups (broad SMARTS) is 1. The van der Waals surface area contributed by atoms with Gasteiger partial charge in [0.25, 0.3) is 0 Å². The standard InChI is InChI=1S/C15H11NO4/c17-13(15(18)19)10-6-7-12-11(8-10)16-14(20-12)9-4-2-1-3-5-9/h1-8,13,17H,(H,18,19). The molecule has 1 unspecified atom stereocenters. The van der Waals surface area contributed by atoms with Gasteiger partial charge in [-0.15, -0.1) is 0 Å². The Labute approximate surface area is 114 Å². The summed E-state index contributed by atoms with van der Waals surface area (Å²) in [5.41, 5.74) is 2.17. The average Bonchev–Trinajstić information content (AvgIpc) is 2.90. The number of hydrogen-bond acceptors (Lipinski definition) is 4. The van der Waals surface area contributed by atoms with Crippen LogP contribution in [0.1, 0.15) is 11.7 Å². The monoisotopic (exact) mass is 269 g/mol. The molecular formula is C15H11NO4. The van der Waals surface area contributed by atoms with Crippen molar-refractivity contribution in [3.63, 3.8) is 0 Å². The number of carboxylic acids is 1. The van der Waals surface area contributed by atoms with Crippen molar-refractivity contribution < 1.29 is 19.4 Å². The number of oxazole rings is 1. The zero-order chi connectivity index (χ0) is 14.1. The number of carbonyl (C=O) groups is 1. The van der Waals surface area contributed by atoms with Crippen molar-refractivity contribution in [1.82, 2.24) is 4.98 Å². The largest absolute Gasteiger partial charge is 0.479 e. The van der Waals surface area contributed by atoms with Crippen molar-refractivity contribution in [2.45, 2.75) is 6.10 Å². The summed E-state index contributed by atoms with van der Waals surface area (Å²) >= 11 is 0. The van der Waals surface area contributed by atoms with E-state index in [0.717, 1.165) is 5.56 Å². The Balaban J connectivity index is 2.06. The number of rotatable bonds is 3. The third kappa shape index (κ3) is 2.15. The summed E-state index contributed by atoms with van der Waals surface area (Å²) < 4.78 is 5.61. The highest BCUT2D eigenvalue weighted by atomic mass is 16.4. The fraction of sp³-hybridized carbons (Fsp3) is 0.0667. The van der Waals surface area contributed by atoms with Crippen LogP contribution in [0.3, 0.4) is 0 Å². The Bertz CT molecular complexity index is 764. The number of hydrogen-bond donors (Lipinski definition) is 2. The minimum absolute atomic E-state index is 0.276. The normalized spacial score (nSPS) is 12.4. The van der Waals surface area contributed by atoms with Gasteiger partial charge in [0.15, 0.2) is 11.7 Å². The Morgan fingerprint density at radius 3 is 2.60 bits per heavy atom. The second-order valence-corrected chi connectivity index (χ2v) is 4.35. The summed E-state index contributed by atoms with van der Waals surface area (Å²) in [6.45, 7) is 0. The predicted molar refractivity (Wildman–Crippen MR) is 72.0 cm³/mol. The van der Waals surface area contributed by atoms with Crippen molar-refractivity contribution in [2.75, 3.05) is 0 Å². The molecule has 0 amide bonds. The molecule has 2 N–H and O–H groups in total. The van der Waals surface area contributed by atoms with E-state index in [1.807, 2.05) is 30.3 Å². The van der Waals surface area contributed by atoms with Crippen LogP contribution in [0.25, 0.3) is 22.6 Å². The van der Waals surface area contributed by atoms with Crippen LogP contribution in [0.15, 0.2) is 52.9 Å². The molecule has 2 aromatic carbocycles. The number of aliphatic carboxylic acids is 1. The minimum Gasteiger partial charge on any atom is -0.479 e. The van der Waals surface area contributed by atoms with E-state index < -0.39 is 12.1 Å². The van der Waals surface area contributed by atoms with Crippen LogP contribution in [-0.4, -0.2) is 21.2 Å². The fourth-order valence-corrected chi connectivity index (χ4v) is 1.96. The molecule has 5 heteroatoms. The molecule has 0 saturated carbocycles. The van der Waals surface area contributed by atoms with Gasteiger partial charge < -0.3 is 14.6 Å². The van der Waals surface area contributed by atoms with E-state index in [-0.39, 0.29) is 5.56 Å². The molecule has 1 atom stereocenters. The van der Waals surface area contributed by atoms with Gasteiger partial charge in [0.05, 0.1) is 0 Å². The van der Waals surface area contributed by atoms with Gasteiger partial charge in [-0.2, -0.15) is 0 Å². The number of aliphatic hydroxyl groups is 1. The smallest absolute Gasteiger partial charge is 0.337 e. The van der Waals surface area contributed by atoms with Crippen molar-refractivity contribution in [2.24, 2.45) is 0 Å². The molecule has 100 valence electrons. The molecule has 0 aliphatic carbocycles. The zero-order valence-electron chi connectivity index (χ0n) is 10.4. The Kier molecular flexibility index (Phi) is 2.96. The van der Waals surface area contributed by atoms with E-state index in [0.29, 0.717) is 17.0 Å². The predicted octanol–water partition coefficient (Wildman–Crippen LogP) is 2.61. The number of aromatic nitrogens is 1. The lowest BCUT2D eigenvalue weighted by Gasteiger charge is -2.03. The minimum atomic E-state index is -1.56. The number of fused-ring (bicyclic) bond motifs is 1. The molecule has 3 aromatic rings. The molecular weight excluding hydrogens is 258 g/mol. The van der Waals surface area contributed by atoms with Gasteiger partial charge in [0, 0.05) is 5.56 Å². The van der Waals surface area contributed by atoms with Crippen LogP contribution in [-0.2, 0) is 4.79 Å². The summed E-state index contributed by atoms with van der Waals surface area (Å²) in [4.78, 5) is 15.1. The molecule has 5 nitrogen and oxygen atoms in total. The first-order valence-corrected chi connectivity index (χ1v) is 6.02. The average molecular weight is 269 g/mol. The van der Waals surface area contributed by atoms with E-state index in [1.165, 1.54) is 12.1 Å². The van der Waals surface area contributed by atoms with Gasteiger partial charge >= 0.3 is 5.97 Å². The highest BCUT2D eigenvalue weighted by Gasteiger charge is 2.17. The fourth-order valence-electron chi connectivity index (χ4n) is 1.96. The highest BCUT2D eigenvalue weighted by molar-refractivity contribution is 5.80. The van der Waals surface area contributed by atoms with Crippen LogP contribution in [0.5, 0.6) is 0 Å². The van der Waals surface area contributed by atoms with E-state index >= 15 is 0 Å². The second kappa shape index (κ2) is 4.79. The molecule has 1 aromatic heterocycles. The van der Waals surface area contributed by atoms with Crippen LogP contribution in [0.4, 0.5) is 0 Å². The highest BCUT2D eigenvalue weighted by Crippen LogP contribution is 2.26. The molecule has 0 aliphatic heterocycles. The first-order valence-electron chi connectivity index (χ1n) is 6.02. The van der Waals surface area contributed by atoms with Crippen LogP contribution >= 0.6 is 0 Å². The maximum atomic E-state index is 10.8. The first kappa shape index (κ1) is 12.4. The summed E-state index contributed by atoms with van der Waals surface area (Å²) in [5, 5.41) is 18.3. The molecule has 0 spiro atoms.